The van der Waals surface area contributed by atoms with Crippen molar-refractivity contribution < 1.29 is 37.5 Å². The topological polar surface area (TPSA) is 119 Å². The molecule has 1 aliphatic heterocycles. The maximum Gasteiger partial charge on any atom is 0.305 e. The molecule has 1 atom stereocenters. The van der Waals surface area contributed by atoms with E-state index in [-0.39, 0.29) is 28.6 Å². The molecule has 3 N–H and O–H groups in total. The second-order valence-electron chi connectivity index (χ2n) is 10.9. The summed E-state index contributed by atoms with van der Waals surface area (Å²) in [4.78, 5) is 54.5. The van der Waals surface area contributed by atoms with Crippen molar-refractivity contribution in [2.24, 2.45) is 5.92 Å². The number of carbonyl (C=O) groups is 4. The van der Waals surface area contributed by atoms with Crippen LogP contribution >= 0.6 is 0 Å². The van der Waals surface area contributed by atoms with Gasteiger partial charge in [-0.25, -0.2) is 13.2 Å². The zero-order chi connectivity index (χ0) is 31.4. The number of nitrogens with zero attached hydrogens (tertiary/aromatic N) is 2. The monoisotopic (exact) mass is 608 g/mol. The molecule has 1 aliphatic carbocycles. The zero-order valence-electron chi connectivity index (χ0n) is 23.7. The number of halogens is 3. The molecule has 1 saturated heterocycles. The predicted molar refractivity (Wildman–Crippen MR) is 156 cm³/mol. The molecule has 0 radical (unpaired) electrons. The van der Waals surface area contributed by atoms with E-state index >= 15 is 0 Å². The number of nitrogens with one attached hydrogen (secondary N) is 2. The van der Waals surface area contributed by atoms with E-state index < -0.39 is 47.7 Å². The van der Waals surface area contributed by atoms with Crippen LogP contribution in [0, 0.1) is 23.4 Å². The second-order valence-corrected chi connectivity index (χ2v) is 10.9. The number of carboxylic acid groups (broad SMARTS) is 1. The summed E-state index contributed by atoms with van der Waals surface area (Å²) >= 11 is 0. The fourth-order valence-electron chi connectivity index (χ4n) is 5.22. The number of carbonyl (C=O) groups excluding carboxylic acids is 3. The fourth-order valence-corrected chi connectivity index (χ4v) is 5.22. The predicted octanol–water partition coefficient (Wildman–Crippen LogP) is 4.75. The first-order valence-electron chi connectivity index (χ1n) is 14.3. The Balaban J connectivity index is 1.42. The van der Waals surface area contributed by atoms with Crippen LogP contribution in [0.1, 0.15) is 58.0 Å². The molecule has 0 bridgehead atoms. The van der Waals surface area contributed by atoms with Gasteiger partial charge >= 0.3 is 5.97 Å². The summed E-state index contributed by atoms with van der Waals surface area (Å²) in [6, 6.07) is 11.5. The molecule has 3 amide bonds. The summed E-state index contributed by atoms with van der Waals surface area (Å²) in [5.41, 5.74) is 1.11. The van der Waals surface area contributed by atoms with Gasteiger partial charge in [-0.05, 0) is 73.4 Å². The molecule has 1 unspecified atom stereocenters. The van der Waals surface area contributed by atoms with Gasteiger partial charge in [0.25, 0.3) is 11.8 Å². The normalized spacial score (nSPS) is 15.7. The van der Waals surface area contributed by atoms with Crippen molar-refractivity contribution in [2.75, 3.05) is 36.4 Å². The average Bonchev–Trinajstić information content (AvgIpc) is 3.86. The number of carboxylic acids is 1. The molecule has 0 spiro atoms. The van der Waals surface area contributed by atoms with Crippen molar-refractivity contribution in [3.8, 4) is 0 Å². The van der Waals surface area contributed by atoms with Gasteiger partial charge in [-0.15, -0.1) is 0 Å². The number of anilines is 2. The number of amides is 3. The van der Waals surface area contributed by atoms with Crippen molar-refractivity contribution in [3.63, 3.8) is 0 Å². The molecule has 0 aromatic heterocycles. The Morgan fingerprint density at radius 2 is 1.52 bits per heavy atom. The minimum atomic E-state index is -1.19. The fraction of sp³-hybridized carbons (Fsp3) is 0.312. The molecule has 3 aromatic carbocycles. The highest BCUT2D eigenvalue weighted by molar-refractivity contribution is 6.07. The molecule has 1 heterocycles. The number of aliphatic carboxylic acids is 1. The van der Waals surface area contributed by atoms with Crippen molar-refractivity contribution in [1.29, 1.82) is 0 Å². The van der Waals surface area contributed by atoms with Gasteiger partial charge in [0.2, 0.25) is 5.91 Å². The third kappa shape index (κ3) is 7.36. The lowest BCUT2D eigenvalue weighted by atomic mass is 10.0. The van der Waals surface area contributed by atoms with E-state index in [1.54, 1.807) is 6.07 Å². The number of rotatable bonds is 9. The van der Waals surface area contributed by atoms with E-state index in [0.29, 0.717) is 43.9 Å². The van der Waals surface area contributed by atoms with Crippen LogP contribution < -0.4 is 15.5 Å². The number of hydrogen-bond acceptors (Lipinski definition) is 5. The van der Waals surface area contributed by atoms with Gasteiger partial charge in [0.15, 0.2) is 11.6 Å². The van der Waals surface area contributed by atoms with Gasteiger partial charge < -0.3 is 25.5 Å². The maximum absolute atomic E-state index is 13.9. The van der Waals surface area contributed by atoms with Crippen LogP contribution in [0.15, 0.2) is 60.7 Å². The maximum atomic E-state index is 13.9. The Morgan fingerprint density at radius 3 is 2.20 bits per heavy atom. The first kappa shape index (κ1) is 30.6. The van der Waals surface area contributed by atoms with Gasteiger partial charge in [-0.3, -0.25) is 19.2 Å². The molecule has 2 aliphatic rings. The van der Waals surface area contributed by atoms with Gasteiger partial charge in [0.1, 0.15) is 5.82 Å². The molecule has 44 heavy (non-hydrogen) atoms. The quantitative estimate of drug-likeness (QED) is 0.323. The molecule has 230 valence electrons. The van der Waals surface area contributed by atoms with Gasteiger partial charge in [0.05, 0.1) is 23.8 Å². The van der Waals surface area contributed by atoms with E-state index in [0.717, 1.165) is 43.2 Å². The molecular formula is C32H31F3N4O5. The van der Waals surface area contributed by atoms with Crippen LogP contribution in [-0.2, 0) is 9.59 Å². The number of benzene rings is 3. The largest absolute Gasteiger partial charge is 0.481 e. The first-order valence-corrected chi connectivity index (χ1v) is 14.3. The summed E-state index contributed by atoms with van der Waals surface area (Å²) in [6.45, 7) is 2.09. The Labute approximate surface area is 251 Å². The van der Waals surface area contributed by atoms with Gasteiger partial charge in [0, 0.05) is 43.2 Å². The average molecular weight is 609 g/mol. The summed E-state index contributed by atoms with van der Waals surface area (Å²) in [6.07, 6.45) is 2.01. The minimum Gasteiger partial charge on any atom is -0.481 e. The van der Waals surface area contributed by atoms with Crippen LogP contribution in [-0.4, -0.2) is 59.9 Å². The van der Waals surface area contributed by atoms with E-state index in [1.807, 2.05) is 9.80 Å². The minimum absolute atomic E-state index is 0.0881. The lowest BCUT2D eigenvalue weighted by Crippen LogP contribution is -2.36. The smallest absolute Gasteiger partial charge is 0.305 e. The van der Waals surface area contributed by atoms with Crippen LogP contribution in [0.4, 0.5) is 24.5 Å². The van der Waals surface area contributed by atoms with Gasteiger partial charge in [-0.1, -0.05) is 12.1 Å². The Hall–Kier alpha value is -4.87. The van der Waals surface area contributed by atoms with E-state index in [1.165, 1.54) is 24.3 Å². The third-order valence-electron chi connectivity index (χ3n) is 7.72. The van der Waals surface area contributed by atoms with Crippen LogP contribution in [0.3, 0.4) is 0 Å². The Morgan fingerprint density at radius 1 is 0.818 bits per heavy atom. The lowest BCUT2D eigenvalue weighted by Gasteiger charge is -2.27. The molecule has 1 saturated carbocycles. The molecule has 12 heteroatoms. The van der Waals surface area contributed by atoms with E-state index in [9.17, 15) is 37.5 Å². The second kappa shape index (κ2) is 13.2. The molecule has 3 aromatic rings. The molecule has 5 rings (SSSR count). The highest BCUT2D eigenvalue weighted by Gasteiger charge is 2.34. The lowest BCUT2D eigenvalue weighted by molar-refractivity contribution is -0.137. The van der Waals surface area contributed by atoms with E-state index in [4.69, 9.17) is 0 Å². The van der Waals surface area contributed by atoms with Gasteiger partial charge in [-0.2, -0.15) is 0 Å². The highest BCUT2D eigenvalue weighted by atomic mass is 19.2. The van der Waals surface area contributed by atoms with Crippen molar-refractivity contribution in [3.05, 3.63) is 94.8 Å². The summed E-state index contributed by atoms with van der Waals surface area (Å²) in [5.74, 6) is -5.14. The molecular weight excluding hydrogens is 577 g/mol. The van der Waals surface area contributed by atoms with Crippen molar-refractivity contribution in [2.45, 2.75) is 31.7 Å². The summed E-state index contributed by atoms with van der Waals surface area (Å²) in [5, 5.41) is 14.8. The summed E-state index contributed by atoms with van der Waals surface area (Å²) < 4.78 is 40.9. The molecule has 9 nitrogen and oxygen atoms in total. The first-order chi connectivity index (χ1) is 21.1. The Kier molecular flexibility index (Phi) is 9.17. The standard InChI is InChI=1S/C32H31F3N4O5/c33-23-8-4-19(5-9-23)26(18-29(40)41)36-31(43)22-7-11-28(38-12-1-13-39(15-14-38)32(44)20-2-3-20)27(17-22)37-30(42)21-6-10-24(34)25(35)16-21/h4-11,16-17,20,26H,1-3,12-15,18H2,(H,36,43)(H,37,42)(H,40,41). The third-order valence-corrected chi connectivity index (χ3v) is 7.72. The Bertz CT molecular complexity index is 1580. The van der Waals surface area contributed by atoms with Crippen LogP contribution in [0.25, 0.3) is 0 Å². The number of hydrogen-bond donors (Lipinski definition) is 3. The zero-order valence-corrected chi connectivity index (χ0v) is 23.7. The van der Waals surface area contributed by atoms with Crippen LogP contribution in [0.5, 0.6) is 0 Å². The SMILES string of the molecule is O=C(O)CC(NC(=O)c1ccc(N2CCCN(C(=O)C3CC3)CC2)c(NC(=O)c2ccc(F)c(F)c2)c1)c1ccc(F)cc1. The highest BCUT2D eigenvalue weighted by Crippen LogP contribution is 2.33. The molecule has 2 fully saturated rings. The van der Waals surface area contributed by atoms with Crippen LogP contribution in [0.2, 0.25) is 0 Å². The summed E-state index contributed by atoms with van der Waals surface area (Å²) in [7, 11) is 0. The van der Waals surface area contributed by atoms with Crippen molar-refractivity contribution in [1.82, 2.24) is 10.2 Å². The van der Waals surface area contributed by atoms with E-state index in [2.05, 4.69) is 10.6 Å². The van der Waals surface area contributed by atoms with Crippen molar-refractivity contribution >= 4 is 35.1 Å².